The summed E-state index contributed by atoms with van der Waals surface area (Å²) in [7, 11) is -3.61. The molecule has 0 aliphatic rings. The number of carbonyl (C=O) groups excluding carboxylic acids is 1. The number of primary sulfonamides is 1. The maximum Gasteiger partial charge on any atom is 0.258 e. The molecule has 0 aliphatic carbocycles. The van der Waals surface area contributed by atoms with Gasteiger partial charge >= 0.3 is 0 Å². The predicted molar refractivity (Wildman–Crippen MR) is 85.3 cm³/mol. The highest BCUT2D eigenvalue weighted by molar-refractivity contribution is 9.10. The second-order valence-corrected chi connectivity index (χ2v) is 7.11. The van der Waals surface area contributed by atoms with Crippen LogP contribution in [-0.2, 0) is 15.8 Å². The summed E-state index contributed by atoms with van der Waals surface area (Å²) in [6.07, 6.45) is 0. The first kappa shape index (κ1) is 16.6. The summed E-state index contributed by atoms with van der Waals surface area (Å²) in [5.41, 5.74) is 0.831. The minimum Gasteiger partial charge on any atom is -0.322 e. The molecule has 0 fully saturated rings. The number of nitrogens with two attached hydrogens (primary N) is 1. The maximum absolute atomic E-state index is 13.7. The Hall–Kier alpha value is -1.77. The molecule has 5 nitrogen and oxygen atoms in total. The summed E-state index contributed by atoms with van der Waals surface area (Å²) in [4.78, 5) is 12.0. The third kappa shape index (κ3) is 4.62. The molecule has 2 rings (SSSR count). The third-order valence-electron chi connectivity index (χ3n) is 2.76. The van der Waals surface area contributed by atoms with Gasteiger partial charge in [0.15, 0.2) is 0 Å². The summed E-state index contributed by atoms with van der Waals surface area (Å²) in [5, 5.41) is 7.48. The van der Waals surface area contributed by atoms with Crippen molar-refractivity contribution >= 4 is 37.5 Å². The van der Waals surface area contributed by atoms with Crippen molar-refractivity contribution in [1.82, 2.24) is 0 Å². The Morgan fingerprint density at radius 2 is 1.82 bits per heavy atom. The summed E-state index contributed by atoms with van der Waals surface area (Å²) < 4.78 is 36.2. The van der Waals surface area contributed by atoms with Crippen LogP contribution >= 0.6 is 15.9 Å². The number of nitrogens with one attached hydrogen (secondary N) is 1. The van der Waals surface area contributed by atoms with E-state index < -0.39 is 21.7 Å². The molecule has 2 aromatic rings. The zero-order valence-electron chi connectivity index (χ0n) is 11.2. The molecule has 0 saturated heterocycles. The molecule has 3 N–H and O–H groups in total. The highest BCUT2D eigenvalue weighted by atomic mass is 79.9. The molecule has 22 heavy (non-hydrogen) atoms. The minimum atomic E-state index is -3.61. The zero-order valence-corrected chi connectivity index (χ0v) is 13.6. The van der Waals surface area contributed by atoms with Gasteiger partial charge in [-0.1, -0.05) is 28.1 Å². The Balaban J connectivity index is 2.12. The third-order valence-corrected chi connectivity index (χ3v) is 3.98. The lowest BCUT2D eigenvalue weighted by Crippen LogP contribution is -2.15. The molecule has 0 radical (unpaired) electrons. The lowest BCUT2D eigenvalue weighted by Gasteiger charge is -2.07. The number of hydrogen-bond acceptors (Lipinski definition) is 3. The molecular formula is C14H12BrFN2O3S. The van der Waals surface area contributed by atoms with Crippen molar-refractivity contribution < 1.29 is 17.6 Å². The van der Waals surface area contributed by atoms with E-state index in [9.17, 15) is 17.6 Å². The lowest BCUT2D eigenvalue weighted by atomic mass is 10.2. The predicted octanol–water partition coefficient (Wildman–Crippen LogP) is 2.63. The number of hydrogen-bond donors (Lipinski definition) is 2. The first-order valence-corrected chi connectivity index (χ1v) is 8.61. The van der Waals surface area contributed by atoms with E-state index in [2.05, 4.69) is 21.2 Å². The molecule has 0 aliphatic heterocycles. The van der Waals surface area contributed by atoms with Gasteiger partial charge in [-0.3, -0.25) is 4.79 Å². The number of halogens is 2. The molecule has 0 heterocycles. The monoisotopic (exact) mass is 386 g/mol. The smallest absolute Gasteiger partial charge is 0.258 e. The van der Waals surface area contributed by atoms with E-state index in [0.29, 0.717) is 15.7 Å². The average molecular weight is 387 g/mol. The van der Waals surface area contributed by atoms with Gasteiger partial charge in [0.25, 0.3) is 5.91 Å². The maximum atomic E-state index is 13.7. The summed E-state index contributed by atoms with van der Waals surface area (Å²) in [6, 6.07) is 10.2. The van der Waals surface area contributed by atoms with Gasteiger partial charge in [-0.2, -0.15) is 0 Å². The normalized spacial score (nSPS) is 11.2. The second kappa shape index (κ2) is 6.55. The number of amides is 1. The Morgan fingerprint density at radius 1 is 1.18 bits per heavy atom. The van der Waals surface area contributed by atoms with Crippen LogP contribution in [0.3, 0.4) is 0 Å². The van der Waals surface area contributed by atoms with Crippen molar-refractivity contribution in [3.63, 3.8) is 0 Å². The fourth-order valence-corrected chi connectivity index (χ4v) is 2.78. The van der Waals surface area contributed by atoms with E-state index in [1.165, 1.54) is 36.4 Å². The first-order valence-electron chi connectivity index (χ1n) is 6.10. The van der Waals surface area contributed by atoms with Gasteiger partial charge in [0.2, 0.25) is 10.0 Å². The van der Waals surface area contributed by atoms with Gasteiger partial charge in [-0.05, 0) is 35.9 Å². The topological polar surface area (TPSA) is 89.3 Å². The molecule has 0 aromatic heterocycles. The van der Waals surface area contributed by atoms with Crippen LogP contribution in [0, 0.1) is 5.82 Å². The molecule has 0 bridgehead atoms. The SMILES string of the molecule is NS(=O)(=O)Cc1ccc(NC(=O)c2ccc(Br)cc2F)cc1. The van der Waals surface area contributed by atoms with Crippen molar-refractivity contribution in [2.45, 2.75) is 5.75 Å². The fourth-order valence-electron chi connectivity index (χ4n) is 1.79. The Labute approximate surface area is 135 Å². The van der Waals surface area contributed by atoms with Crippen molar-refractivity contribution in [2.24, 2.45) is 5.14 Å². The summed E-state index contributed by atoms with van der Waals surface area (Å²) in [5.74, 6) is -1.52. The molecule has 8 heteroatoms. The summed E-state index contributed by atoms with van der Waals surface area (Å²) in [6.45, 7) is 0. The Kier molecular flexibility index (Phi) is 4.94. The molecule has 0 spiro atoms. The lowest BCUT2D eigenvalue weighted by molar-refractivity contribution is 0.102. The molecular weight excluding hydrogens is 375 g/mol. The Morgan fingerprint density at radius 3 is 2.36 bits per heavy atom. The first-order chi connectivity index (χ1) is 10.2. The number of rotatable bonds is 4. The number of anilines is 1. The van der Waals surface area contributed by atoms with Crippen LogP contribution in [0.25, 0.3) is 0 Å². The quantitative estimate of drug-likeness (QED) is 0.845. The molecule has 0 unspecified atom stereocenters. The van der Waals surface area contributed by atoms with Crippen LogP contribution in [-0.4, -0.2) is 14.3 Å². The van der Waals surface area contributed by atoms with Gasteiger partial charge in [0.1, 0.15) is 5.82 Å². The van der Waals surface area contributed by atoms with Gasteiger partial charge in [-0.15, -0.1) is 0 Å². The van der Waals surface area contributed by atoms with E-state index in [0.717, 1.165) is 0 Å². The van der Waals surface area contributed by atoms with E-state index in [-0.39, 0.29) is 11.3 Å². The fraction of sp³-hybridized carbons (Fsp3) is 0.0714. The van der Waals surface area contributed by atoms with Gasteiger partial charge < -0.3 is 5.32 Å². The average Bonchev–Trinajstić information content (AvgIpc) is 2.39. The van der Waals surface area contributed by atoms with Crippen LogP contribution in [0.5, 0.6) is 0 Å². The standard InChI is InChI=1S/C14H12BrFN2O3S/c15-10-3-6-12(13(16)7-10)14(19)18-11-4-1-9(2-5-11)8-22(17,20)21/h1-7H,8H2,(H,18,19)(H2,17,20,21). The molecule has 2 aromatic carbocycles. The van der Waals surface area contributed by atoms with Crippen molar-refractivity contribution in [2.75, 3.05) is 5.32 Å². The van der Waals surface area contributed by atoms with E-state index >= 15 is 0 Å². The molecule has 116 valence electrons. The number of sulfonamides is 1. The molecule has 0 atom stereocenters. The van der Waals surface area contributed by atoms with Crippen LogP contribution in [0.15, 0.2) is 46.9 Å². The highest BCUT2D eigenvalue weighted by Crippen LogP contribution is 2.17. The zero-order chi connectivity index (χ0) is 16.3. The molecule has 0 saturated carbocycles. The van der Waals surface area contributed by atoms with Gasteiger partial charge in [0.05, 0.1) is 11.3 Å². The van der Waals surface area contributed by atoms with Crippen molar-refractivity contribution in [3.8, 4) is 0 Å². The number of benzene rings is 2. The van der Waals surface area contributed by atoms with E-state index in [4.69, 9.17) is 5.14 Å². The van der Waals surface area contributed by atoms with Crippen LogP contribution in [0.2, 0.25) is 0 Å². The van der Waals surface area contributed by atoms with Gasteiger partial charge in [-0.25, -0.2) is 17.9 Å². The van der Waals surface area contributed by atoms with Crippen LogP contribution in [0.4, 0.5) is 10.1 Å². The minimum absolute atomic E-state index is 0.0863. The second-order valence-electron chi connectivity index (χ2n) is 4.58. The molecule has 1 amide bonds. The van der Waals surface area contributed by atoms with Gasteiger partial charge in [0, 0.05) is 10.2 Å². The van der Waals surface area contributed by atoms with Crippen molar-refractivity contribution in [1.29, 1.82) is 0 Å². The van der Waals surface area contributed by atoms with E-state index in [1.807, 2.05) is 0 Å². The van der Waals surface area contributed by atoms with Crippen molar-refractivity contribution in [3.05, 3.63) is 63.9 Å². The van der Waals surface area contributed by atoms with E-state index in [1.54, 1.807) is 6.07 Å². The largest absolute Gasteiger partial charge is 0.322 e. The summed E-state index contributed by atoms with van der Waals surface area (Å²) >= 11 is 3.11. The Bertz CT molecular complexity index is 807. The van der Waals surface area contributed by atoms with Crippen LogP contribution in [0.1, 0.15) is 15.9 Å². The highest BCUT2D eigenvalue weighted by Gasteiger charge is 2.12. The number of carbonyl (C=O) groups is 1. The van der Waals surface area contributed by atoms with Crippen LogP contribution < -0.4 is 10.5 Å².